The zero-order valence-electron chi connectivity index (χ0n) is 12.6. The second kappa shape index (κ2) is 6.58. The number of carboxylic acids is 1. The van der Waals surface area contributed by atoms with Gasteiger partial charge in [-0.25, -0.2) is 17.8 Å². The van der Waals surface area contributed by atoms with Crippen molar-refractivity contribution in [2.24, 2.45) is 5.92 Å². The van der Waals surface area contributed by atoms with Crippen molar-refractivity contribution in [3.05, 3.63) is 36.3 Å². The van der Waals surface area contributed by atoms with Crippen LogP contribution < -0.4 is 0 Å². The molecule has 1 aliphatic rings. The number of hydrogen-bond acceptors (Lipinski definition) is 5. The molecule has 0 atom stereocenters. The predicted molar refractivity (Wildman–Crippen MR) is 86.6 cm³/mol. The van der Waals surface area contributed by atoms with Crippen LogP contribution in [0.1, 0.15) is 12.8 Å². The van der Waals surface area contributed by atoms with E-state index in [1.54, 1.807) is 12.1 Å². The largest absolute Gasteiger partial charge is 0.481 e. The molecule has 2 heterocycles. The molecule has 0 saturated carbocycles. The van der Waals surface area contributed by atoms with E-state index in [1.165, 1.54) is 22.6 Å². The summed E-state index contributed by atoms with van der Waals surface area (Å²) >= 11 is 1.02. The van der Waals surface area contributed by atoms with Crippen molar-refractivity contribution in [1.82, 2.24) is 9.29 Å². The lowest BCUT2D eigenvalue weighted by molar-refractivity contribution is -0.142. The van der Waals surface area contributed by atoms with Crippen LogP contribution in [-0.2, 0) is 14.8 Å². The van der Waals surface area contributed by atoms with Crippen LogP contribution in [0.3, 0.4) is 0 Å². The zero-order valence-corrected chi connectivity index (χ0v) is 14.2. The smallest absolute Gasteiger partial charge is 0.306 e. The highest BCUT2D eigenvalue weighted by atomic mass is 32.2. The molecule has 1 saturated heterocycles. The lowest BCUT2D eigenvalue weighted by atomic mass is 9.99. The molecule has 1 aromatic heterocycles. The Morgan fingerprint density at radius 1 is 1.25 bits per heavy atom. The van der Waals surface area contributed by atoms with E-state index >= 15 is 0 Å². The molecule has 1 aromatic carbocycles. The van der Waals surface area contributed by atoms with Crippen LogP contribution in [-0.4, -0.2) is 41.9 Å². The van der Waals surface area contributed by atoms with E-state index in [0.717, 1.165) is 11.3 Å². The Labute approximate surface area is 142 Å². The van der Waals surface area contributed by atoms with Gasteiger partial charge in [-0.15, -0.1) is 11.3 Å². The van der Waals surface area contributed by atoms with Gasteiger partial charge in [-0.05, 0) is 37.1 Å². The summed E-state index contributed by atoms with van der Waals surface area (Å²) < 4.78 is 39.7. The fourth-order valence-corrected chi connectivity index (χ4v) is 5.34. The molecule has 9 heteroatoms. The highest BCUT2D eigenvalue weighted by Gasteiger charge is 2.33. The van der Waals surface area contributed by atoms with Gasteiger partial charge in [-0.2, -0.15) is 4.31 Å². The second-order valence-corrected chi connectivity index (χ2v) is 8.70. The van der Waals surface area contributed by atoms with Gasteiger partial charge in [-0.1, -0.05) is 0 Å². The first-order valence-corrected chi connectivity index (χ1v) is 9.58. The molecule has 0 bridgehead atoms. The number of hydrogen-bond donors (Lipinski definition) is 1. The number of thiazole rings is 1. The van der Waals surface area contributed by atoms with Gasteiger partial charge in [0.1, 0.15) is 10.8 Å². The number of piperidine rings is 1. The molecule has 1 fully saturated rings. The molecular formula is C15H15FN2O4S2. The Morgan fingerprint density at radius 2 is 1.88 bits per heavy atom. The van der Waals surface area contributed by atoms with E-state index in [9.17, 15) is 17.6 Å². The molecular weight excluding hydrogens is 355 g/mol. The fraction of sp³-hybridized carbons (Fsp3) is 0.333. The average Bonchev–Trinajstić information content (AvgIpc) is 3.06. The molecule has 2 aromatic rings. The van der Waals surface area contributed by atoms with Gasteiger partial charge in [0.05, 0.1) is 12.1 Å². The number of carboxylic acid groups (broad SMARTS) is 1. The van der Waals surface area contributed by atoms with Crippen LogP contribution in [0.4, 0.5) is 4.39 Å². The normalized spacial score (nSPS) is 17.0. The molecule has 0 unspecified atom stereocenters. The van der Waals surface area contributed by atoms with Gasteiger partial charge in [0, 0.05) is 18.7 Å². The first-order valence-electron chi connectivity index (χ1n) is 7.32. The minimum absolute atomic E-state index is 0.107. The summed E-state index contributed by atoms with van der Waals surface area (Å²) in [5.74, 6) is -1.75. The first kappa shape index (κ1) is 17.0. The average molecular weight is 370 g/mol. The summed E-state index contributed by atoms with van der Waals surface area (Å²) in [5.41, 5.74) is 0.646. The van der Waals surface area contributed by atoms with Crippen LogP contribution in [0.15, 0.2) is 34.7 Å². The monoisotopic (exact) mass is 370 g/mol. The summed E-state index contributed by atoms with van der Waals surface area (Å²) in [5, 5.41) is 9.49. The molecule has 3 rings (SSSR count). The lowest BCUT2D eigenvalue weighted by Crippen LogP contribution is -2.39. The minimum atomic E-state index is -3.68. The minimum Gasteiger partial charge on any atom is -0.481 e. The number of rotatable bonds is 4. The molecule has 0 aliphatic carbocycles. The van der Waals surface area contributed by atoms with Crippen molar-refractivity contribution in [2.75, 3.05) is 13.1 Å². The number of carbonyl (C=O) groups is 1. The number of benzene rings is 1. The van der Waals surface area contributed by atoms with E-state index in [0.29, 0.717) is 23.4 Å². The second-order valence-electron chi connectivity index (χ2n) is 5.51. The van der Waals surface area contributed by atoms with E-state index in [1.807, 2.05) is 0 Å². The van der Waals surface area contributed by atoms with Crippen molar-refractivity contribution in [3.63, 3.8) is 0 Å². The van der Waals surface area contributed by atoms with Crippen LogP contribution in [0.2, 0.25) is 0 Å². The third-order valence-electron chi connectivity index (χ3n) is 3.97. The molecule has 0 spiro atoms. The van der Waals surface area contributed by atoms with E-state index in [-0.39, 0.29) is 23.1 Å². The van der Waals surface area contributed by atoms with Crippen LogP contribution in [0.5, 0.6) is 0 Å². The van der Waals surface area contributed by atoms with Crippen molar-refractivity contribution >= 4 is 27.3 Å². The van der Waals surface area contributed by atoms with Gasteiger partial charge in [-0.3, -0.25) is 4.79 Å². The van der Waals surface area contributed by atoms with Gasteiger partial charge < -0.3 is 5.11 Å². The molecule has 24 heavy (non-hydrogen) atoms. The maximum Gasteiger partial charge on any atom is 0.306 e. The molecule has 1 N–H and O–H groups in total. The summed E-state index contributed by atoms with van der Waals surface area (Å²) in [7, 11) is -3.68. The molecule has 6 nitrogen and oxygen atoms in total. The molecule has 128 valence electrons. The Morgan fingerprint density at radius 3 is 2.46 bits per heavy atom. The maximum absolute atomic E-state index is 13.0. The van der Waals surface area contributed by atoms with Crippen molar-refractivity contribution in [1.29, 1.82) is 0 Å². The standard InChI is InChI=1S/C15H15FN2O4S2/c16-12-3-1-10(2-4-12)14-17-9-13(23-14)24(21,22)18-7-5-11(6-8-18)15(19)20/h1-4,9,11H,5-8H2,(H,19,20). The molecule has 1 aliphatic heterocycles. The summed E-state index contributed by atoms with van der Waals surface area (Å²) in [6.45, 7) is 0.367. The lowest BCUT2D eigenvalue weighted by Gasteiger charge is -2.28. The van der Waals surface area contributed by atoms with Crippen molar-refractivity contribution < 1.29 is 22.7 Å². The topological polar surface area (TPSA) is 87.6 Å². The van der Waals surface area contributed by atoms with Crippen molar-refractivity contribution in [2.45, 2.75) is 17.1 Å². The Hall–Kier alpha value is -1.84. The Balaban J connectivity index is 1.79. The van der Waals surface area contributed by atoms with Crippen LogP contribution in [0, 0.1) is 11.7 Å². The van der Waals surface area contributed by atoms with Crippen LogP contribution >= 0.6 is 11.3 Å². The number of aromatic nitrogens is 1. The first-order chi connectivity index (χ1) is 11.4. The number of sulfonamides is 1. The fourth-order valence-electron chi connectivity index (χ4n) is 2.57. The highest BCUT2D eigenvalue weighted by Crippen LogP contribution is 2.31. The summed E-state index contributed by atoms with van der Waals surface area (Å²) in [6, 6.07) is 5.68. The molecule has 0 radical (unpaired) electrons. The zero-order chi connectivity index (χ0) is 17.3. The van der Waals surface area contributed by atoms with Crippen molar-refractivity contribution in [3.8, 4) is 10.6 Å². The summed E-state index contributed by atoms with van der Waals surface area (Å²) in [4.78, 5) is 15.1. The Kier molecular flexibility index (Phi) is 4.66. The third-order valence-corrected chi connectivity index (χ3v) is 7.35. The van der Waals surface area contributed by atoms with E-state index in [4.69, 9.17) is 5.11 Å². The number of aliphatic carboxylic acids is 1. The van der Waals surface area contributed by atoms with Gasteiger partial charge >= 0.3 is 5.97 Å². The maximum atomic E-state index is 13.0. The Bertz CT molecular complexity index is 841. The van der Waals surface area contributed by atoms with Crippen LogP contribution in [0.25, 0.3) is 10.6 Å². The van der Waals surface area contributed by atoms with Gasteiger partial charge in [0.15, 0.2) is 4.21 Å². The quantitative estimate of drug-likeness (QED) is 0.893. The van der Waals surface area contributed by atoms with E-state index in [2.05, 4.69) is 4.98 Å². The predicted octanol–water partition coefficient (Wildman–Crippen LogP) is 2.43. The van der Waals surface area contributed by atoms with Gasteiger partial charge in [0.25, 0.3) is 10.0 Å². The number of halogens is 1. The molecule has 0 amide bonds. The van der Waals surface area contributed by atoms with Gasteiger partial charge in [0.2, 0.25) is 0 Å². The highest BCUT2D eigenvalue weighted by molar-refractivity contribution is 7.91. The third kappa shape index (κ3) is 3.33. The number of nitrogens with zero attached hydrogens (tertiary/aromatic N) is 2. The van der Waals surface area contributed by atoms with E-state index < -0.39 is 21.9 Å². The summed E-state index contributed by atoms with van der Waals surface area (Å²) in [6.07, 6.45) is 1.90. The SMILES string of the molecule is O=C(O)C1CCN(S(=O)(=O)c2cnc(-c3ccc(F)cc3)s2)CC1.